The van der Waals surface area contributed by atoms with Crippen molar-refractivity contribution in [2.45, 2.75) is 51.1 Å². The highest BCUT2D eigenvalue weighted by Gasteiger charge is 2.33. The van der Waals surface area contributed by atoms with Gasteiger partial charge in [0.2, 0.25) is 0 Å². The van der Waals surface area contributed by atoms with Gasteiger partial charge in [-0.1, -0.05) is 49.6 Å². The minimum atomic E-state index is 0.631. The summed E-state index contributed by atoms with van der Waals surface area (Å²) in [5, 5.41) is 0. The number of fused-ring (bicyclic) bond motifs is 3. The Hall–Kier alpha value is -1.87. The first-order valence-electron chi connectivity index (χ1n) is 10.4. The van der Waals surface area contributed by atoms with Gasteiger partial charge in [0.15, 0.2) is 0 Å². The van der Waals surface area contributed by atoms with E-state index < -0.39 is 0 Å². The molecule has 3 heteroatoms. The summed E-state index contributed by atoms with van der Waals surface area (Å²) in [6.07, 6.45) is 10.1. The van der Waals surface area contributed by atoms with Crippen LogP contribution in [-0.2, 0) is 19.4 Å². The summed E-state index contributed by atoms with van der Waals surface area (Å²) in [5.41, 5.74) is 4.58. The first-order chi connectivity index (χ1) is 12.9. The van der Waals surface area contributed by atoms with Gasteiger partial charge in [0.1, 0.15) is 5.82 Å². The van der Waals surface area contributed by atoms with E-state index in [0.717, 1.165) is 25.6 Å². The van der Waals surface area contributed by atoms with Crippen LogP contribution in [0.3, 0.4) is 0 Å². The Bertz CT molecular complexity index is 753. The Kier molecular flexibility index (Phi) is 4.41. The third-order valence-electron chi connectivity index (χ3n) is 6.68. The van der Waals surface area contributed by atoms with E-state index in [4.69, 9.17) is 4.98 Å². The minimum absolute atomic E-state index is 0.631. The van der Waals surface area contributed by atoms with E-state index in [1.807, 2.05) is 0 Å². The molecule has 1 aliphatic carbocycles. The molecule has 3 nitrogen and oxygen atoms in total. The quantitative estimate of drug-likeness (QED) is 0.831. The largest absolute Gasteiger partial charge is 0.351 e. The van der Waals surface area contributed by atoms with Gasteiger partial charge in [-0.15, -0.1) is 0 Å². The molecule has 3 aliphatic rings. The van der Waals surface area contributed by atoms with E-state index in [-0.39, 0.29) is 0 Å². The Morgan fingerprint density at radius 3 is 2.69 bits per heavy atom. The highest BCUT2D eigenvalue weighted by Crippen LogP contribution is 2.36. The molecule has 1 saturated carbocycles. The fraction of sp³-hybridized carbons (Fsp3) is 0.522. The molecule has 0 radical (unpaired) electrons. The van der Waals surface area contributed by atoms with E-state index in [0.29, 0.717) is 6.04 Å². The van der Waals surface area contributed by atoms with Crippen molar-refractivity contribution < 1.29 is 0 Å². The van der Waals surface area contributed by atoms with Crippen molar-refractivity contribution in [2.24, 2.45) is 5.92 Å². The zero-order valence-electron chi connectivity index (χ0n) is 15.6. The van der Waals surface area contributed by atoms with E-state index in [1.54, 1.807) is 11.1 Å². The molecule has 1 atom stereocenters. The molecular weight excluding hydrogens is 318 g/mol. The van der Waals surface area contributed by atoms with Gasteiger partial charge in [0.05, 0.1) is 0 Å². The Labute approximate surface area is 157 Å². The molecule has 0 bridgehead atoms. The number of hydrogen-bond donors (Lipinski definition) is 0. The molecule has 2 aliphatic heterocycles. The van der Waals surface area contributed by atoms with Crippen LogP contribution in [0, 0.1) is 5.92 Å². The molecule has 0 N–H and O–H groups in total. The second kappa shape index (κ2) is 7.03. The van der Waals surface area contributed by atoms with E-state index in [1.165, 1.54) is 56.5 Å². The van der Waals surface area contributed by atoms with Crippen molar-refractivity contribution in [3.63, 3.8) is 0 Å². The molecule has 136 valence electrons. The smallest absolute Gasteiger partial charge is 0.132 e. The summed E-state index contributed by atoms with van der Waals surface area (Å²) in [4.78, 5) is 10.1. The Morgan fingerprint density at radius 2 is 1.88 bits per heavy atom. The van der Waals surface area contributed by atoms with E-state index in [9.17, 15) is 0 Å². The highest BCUT2D eigenvalue weighted by molar-refractivity contribution is 5.54. The maximum atomic E-state index is 4.83. The lowest BCUT2D eigenvalue weighted by Crippen LogP contribution is -2.55. The number of benzene rings is 1. The highest BCUT2D eigenvalue weighted by atomic mass is 15.3. The van der Waals surface area contributed by atoms with Gasteiger partial charge in [-0.2, -0.15) is 0 Å². The van der Waals surface area contributed by atoms with Crippen molar-refractivity contribution in [3.8, 4) is 0 Å². The lowest BCUT2D eigenvalue weighted by molar-refractivity contribution is 0.205. The number of rotatable bonds is 4. The van der Waals surface area contributed by atoms with Crippen molar-refractivity contribution in [1.29, 1.82) is 0 Å². The number of aromatic nitrogens is 1. The van der Waals surface area contributed by atoms with Gasteiger partial charge < -0.3 is 4.90 Å². The fourth-order valence-electron chi connectivity index (χ4n) is 4.98. The minimum Gasteiger partial charge on any atom is -0.351 e. The molecule has 1 aromatic heterocycles. The zero-order chi connectivity index (χ0) is 17.3. The predicted molar refractivity (Wildman–Crippen MR) is 106 cm³/mol. The molecule has 3 heterocycles. The van der Waals surface area contributed by atoms with Crippen LogP contribution in [0.25, 0.3) is 0 Å². The van der Waals surface area contributed by atoms with Crippen LogP contribution >= 0.6 is 0 Å². The molecule has 0 unspecified atom stereocenters. The van der Waals surface area contributed by atoms with E-state index >= 15 is 0 Å². The summed E-state index contributed by atoms with van der Waals surface area (Å²) in [6, 6.07) is 13.8. The van der Waals surface area contributed by atoms with Crippen LogP contribution in [-0.4, -0.2) is 35.6 Å². The molecule has 0 spiro atoms. The normalized spacial score (nSPS) is 23.2. The molecule has 26 heavy (non-hydrogen) atoms. The third-order valence-corrected chi connectivity index (χ3v) is 6.68. The topological polar surface area (TPSA) is 19.4 Å². The summed E-state index contributed by atoms with van der Waals surface area (Å²) in [7, 11) is 0. The second-order valence-electron chi connectivity index (χ2n) is 8.38. The van der Waals surface area contributed by atoms with Gasteiger partial charge >= 0.3 is 0 Å². The maximum Gasteiger partial charge on any atom is 0.132 e. The lowest BCUT2D eigenvalue weighted by atomic mass is 9.79. The molecule has 2 fully saturated rings. The van der Waals surface area contributed by atoms with Gasteiger partial charge in [-0.05, 0) is 47.9 Å². The van der Waals surface area contributed by atoms with Gasteiger partial charge in [0.25, 0.3) is 0 Å². The SMILES string of the molecule is c1ccc(CN2CCN3c4nccc(CC5CCC5)c4CC[C@@H]3C2)cc1. The maximum absolute atomic E-state index is 4.83. The summed E-state index contributed by atoms with van der Waals surface area (Å²) in [6.45, 7) is 4.50. The molecule has 0 amide bonds. The molecule has 1 saturated heterocycles. The first kappa shape index (κ1) is 16.3. The number of nitrogens with zero attached hydrogens (tertiary/aromatic N) is 3. The summed E-state index contributed by atoms with van der Waals surface area (Å²) < 4.78 is 0. The monoisotopic (exact) mass is 347 g/mol. The fourth-order valence-corrected chi connectivity index (χ4v) is 4.98. The van der Waals surface area contributed by atoms with E-state index in [2.05, 4.69) is 52.4 Å². The number of piperazine rings is 1. The number of anilines is 1. The Balaban J connectivity index is 1.30. The van der Waals surface area contributed by atoms with Crippen LogP contribution < -0.4 is 4.90 Å². The Morgan fingerprint density at radius 1 is 1.00 bits per heavy atom. The average molecular weight is 348 g/mol. The number of hydrogen-bond acceptors (Lipinski definition) is 3. The summed E-state index contributed by atoms with van der Waals surface area (Å²) >= 11 is 0. The summed E-state index contributed by atoms with van der Waals surface area (Å²) in [5.74, 6) is 2.24. The van der Waals surface area contributed by atoms with Crippen LogP contribution in [0.4, 0.5) is 5.82 Å². The van der Waals surface area contributed by atoms with Crippen molar-refractivity contribution in [1.82, 2.24) is 9.88 Å². The molecule has 2 aromatic rings. The molecular formula is C23H29N3. The predicted octanol–water partition coefficient (Wildman–Crippen LogP) is 4.06. The lowest BCUT2D eigenvalue weighted by Gasteiger charge is -2.46. The number of pyridine rings is 1. The standard InChI is InChI=1S/C23H29N3/c1-2-5-19(6-3-1)16-25-13-14-26-21(17-25)9-10-22-20(11-12-24-23(22)26)15-18-7-4-8-18/h1-3,5-6,11-12,18,21H,4,7-10,13-17H2/t21-/m1/s1. The van der Waals surface area contributed by atoms with Crippen LogP contribution in [0.2, 0.25) is 0 Å². The molecule has 5 rings (SSSR count). The average Bonchev–Trinajstić information content (AvgIpc) is 2.65. The van der Waals surface area contributed by atoms with Gasteiger partial charge in [-0.25, -0.2) is 4.98 Å². The zero-order valence-corrected chi connectivity index (χ0v) is 15.6. The molecule has 1 aromatic carbocycles. The van der Waals surface area contributed by atoms with Crippen LogP contribution in [0.1, 0.15) is 42.4 Å². The van der Waals surface area contributed by atoms with Gasteiger partial charge in [0, 0.05) is 38.4 Å². The van der Waals surface area contributed by atoms with Crippen molar-refractivity contribution in [2.75, 3.05) is 24.5 Å². The first-order valence-corrected chi connectivity index (χ1v) is 10.4. The second-order valence-corrected chi connectivity index (χ2v) is 8.38. The van der Waals surface area contributed by atoms with Crippen LogP contribution in [0.5, 0.6) is 0 Å². The third kappa shape index (κ3) is 3.14. The van der Waals surface area contributed by atoms with Crippen LogP contribution in [0.15, 0.2) is 42.6 Å². The van der Waals surface area contributed by atoms with Gasteiger partial charge in [-0.3, -0.25) is 4.90 Å². The van der Waals surface area contributed by atoms with Crippen molar-refractivity contribution in [3.05, 3.63) is 59.3 Å². The van der Waals surface area contributed by atoms with Crippen molar-refractivity contribution >= 4 is 5.82 Å².